The van der Waals surface area contributed by atoms with Crippen LogP contribution in [0.5, 0.6) is 0 Å². The summed E-state index contributed by atoms with van der Waals surface area (Å²) in [5, 5.41) is 2.96. The Hall–Kier alpha value is -1.93. The first-order valence-electron chi connectivity index (χ1n) is 10.3. The van der Waals surface area contributed by atoms with Gasteiger partial charge in [-0.25, -0.2) is 0 Å². The van der Waals surface area contributed by atoms with E-state index in [1.165, 1.54) is 21.8 Å². The molecule has 1 aliphatic carbocycles. The quantitative estimate of drug-likeness (QED) is 0.781. The summed E-state index contributed by atoms with van der Waals surface area (Å²) in [5.74, 6) is -0.107. The first-order chi connectivity index (χ1) is 13.6. The molecule has 29 heavy (non-hydrogen) atoms. The van der Waals surface area contributed by atoms with Gasteiger partial charge in [-0.1, -0.05) is 0 Å². The Bertz CT molecular complexity index is 754. The zero-order chi connectivity index (χ0) is 21.2. The van der Waals surface area contributed by atoms with Crippen molar-refractivity contribution in [2.45, 2.75) is 45.6 Å². The van der Waals surface area contributed by atoms with Crippen LogP contribution in [0.3, 0.4) is 0 Å². The number of hydrogen-bond acceptors (Lipinski definition) is 5. The third-order valence-electron chi connectivity index (χ3n) is 5.28. The van der Waals surface area contributed by atoms with Gasteiger partial charge in [-0.05, 0) is 51.7 Å². The van der Waals surface area contributed by atoms with E-state index >= 15 is 0 Å². The van der Waals surface area contributed by atoms with Gasteiger partial charge in [0.15, 0.2) is 0 Å². The van der Waals surface area contributed by atoms with Gasteiger partial charge < -0.3 is 15.1 Å². The van der Waals surface area contributed by atoms with Gasteiger partial charge in [0, 0.05) is 43.6 Å². The van der Waals surface area contributed by atoms with Crippen molar-refractivity contribution in [1.82, 2.24) is 20.0 Å². The van der Waals surface area contributed by atoms with Crippen LogP contribution in [0.4, 0.5) is 0 Å². The number of amides is 3. The monoisotopic (exact) mass is 420 g/mol. The summed E-state index contributed by atoms with van der Waals surface area (Å²) in [5.41, 5.74) is 1.05. The summed E-state index contributed by atoms with van der Waals surface area (Å²) in [6, 6.07) is 2.00. The van der Waals surface area contributed by atoms with Crippen molar-refractivity contribution in [2.75, 3.05) is 46.3 Å². The lowest BCUT2D eigenvalue weighted by Gasteiger charge is -2.35. The average Bonchev–Trinajstić information content (AvgIpc) is 3.21. The summed E-state index contributed by atoms with van der Waals surface area (Å²) in [7, 11) is 1.69. The molecule has 2 heterocycles. The van der Waals surface area contributed by atoms with E-state index in [2.05, 4.69) is 10.2 Å². The first-order valence-corrected chi connectivity index (χ1v) is 11.1. The van der Waals surface area contributed by atoms with Gasteiger partial charge in [0.2, 0.25) is 11.8 Å². The largest absolute Gasteiger partial charge is 0.350 e. The molecule has 0 unspecified atom stereocenters. The van der Waals surface area contributed by atoms with E-state index in [-0.39, 0.29) is 29.8 Å². The van der Waals surface area contributed by atoms with E-state index in [1.54, 1.807) is 23.3 Å². The molecule has 1 aromatic heterocycles. The van der Waals surface area contributed by atoms with Gasteiger partial charge in [0.25, 0.3) is 5.91 Å². The fourth-order valence-electron chi connectivity index (χ4n) is 3.81. The van der Waals surface area contributed by atoms with Crippen molar-refractivity contribution in [3.8, 4) is 0 Å². The van der Waals surface area contributed by atoms with Crippen molar-refractivity contribution in [2.24, 2.45) is 0 Å². The Morgan fingerprint density at radius 2 is 1.83 bits per heavy atom. The van der Waals surface area contributed by atoms with E-state index < -0.39 is 0 Å². The molecule has 0 saturated carbocycles. The second-order valence-corrected chi connectivity index (χ2v) is 10.2. The third kappa shape index (κ3) is 5.79. The first kappa shape index (κ1) is 21.8. The number of aryl methyl sites for hydroxylation is 2. The van der Waals surface area contributed by atoms with Gasteiger partial charge in [-0.3, -0.25) is 19.3 Å². The number of carbonyl (C=O) groups excluding carboxylic acids is 3. The molecule has 0 atom stereocenters. The molecule has 0 radical (unpaired) electrons. The maximum atomic E-state index is 12.7. The number of rotatable bonds is 5. The molecular formula is C21H32N4O3S. The highest BCUT2D eigenvalue weighted by Crippen LogP contribution is 2.31. The molecule has 0 aromatic carbocycles. The molecule has 2 aliphatic rings. The fraction of sp³-hybridized carbons (Fsp3) is 0.667. The second kappa shape index (κ2) is 8.83. The molecule has 3 rings (SSSR count). The smallest absolute Gasteiger partial charge is 0.264 e. The Morgan fingerprint density at radius 3 is 2.45 bits per heavy atom. The maximum absolute atomic E-state index is 12.7. The zero-order valence-electron chi connectivity index (χ0n) is 17.9. The molecular weight excluding hydrogens is 388 g/mol. The van der Waals surface area contributed by atoms with Gasteiger partial charge in [0.05, 0.1) is 18.0 Å². The normalized spacial score (nSPS) is 17.2. The second-order valence-electron chi connectivity index (χ2n) is 9.03. The molecule has 1 saturated heterocycles. The molecule has 1 aromatic rings. The Balaban J connectivity index is 1.44. The predicted octanol–water partition coefficient (Wildman–Crippen LogP) is 1.37. The van der Waals surface area contributed by atoms with E-state index in [0.29, 0.717) is 32.7 Å². The molecule has 160 valence electrons. The number of thiophene rings is 1. The highest BCUT2D eigenvalue weighted by Gasteiger charge is 2.26. The molecule has 8 heteroatoms. The van der Waals surface area contributed by atoms with E-state index in [1.807, 2.05) is 26.8 Å². The standard InChI is InChI=1S/C21H32N4O3S/c1-21(2,3)22-18(26)13-24-8-10-25(11-9-24)19(27)14-23(4)20(28)17-12-15-6-5-7-16(15)29-17/h12H,5-11,13-14H2,1-4H3,(H,22,26). The van der Waals surface area contributed by atoms with Crippen molar-refractivity contribution in [3.63, 3.8) is 0 Å². The molecule has 3 amide bonds. The van der Waals surface area contributed by atoms with Crippen molar-refractivity contribution in [3.05, 3.63) is 21.4 Å². The highest BCUT2D eigenvalue weighted by atomic mass is 32.1. The van der Waals surface area contributed by atoms with Crippen LogP contribution in [0.25, 0.3) is 0 Å². The minimum Gasteiger partial charge on any atom is -0.350 e. The van der Waals surface area contributed by atoms with E-state index in [9.17, 15) is 14.4 Å². The van der Waals surface area contributed by atoms with Gasteiger partial charge in [-0.2, -0.15) is 0 Å². The molecule has 0 bridgehead atoms. The van der Waals surface area contributed by atoms with Crippen LogP contribution in [-0.4, -0.2) is 84.3 Å². The molecule has 7 nitrogen and oxygen atoms in total. The number of nitrogens with one attached hydrogen (secondary N) is 1. The van der Waals surface area contributed by atoms with Crippen LogP contribution in [0.1, 0.15) is 47.3 Å². The number of likely N-dealkylation sites (N-methyl/N-ethyl adjacent to an activating group) is 1. The summed E-state index contributed by atoms with van der Waals surface area (Å²) in [4.78, 5) is 44.8. The Labute approximate surface area is 177 Å². The van der Waals surface area contributed by atoms with Crippen LogP contribution >= 0.6 is 11.3 Å². The third-order valence-corrected chi connectivity index (χ3v) is 6.51. The SMILES string of the molecule is CN(CC(=O)N1CCN(CC(=O)NC(C)(C)C)CC1)C(=O)c1cc2c(s1)CCC2. The fourth-order valence-corrected chi connectivity index (χ4v) is 5.06. The van der Waals surface area contributed by atoms with E-state index in [0.717, 1.165) is 17.7 Å². The van der Waals surface area contributed by atoms with Crippen LogP contribution in [0.2, 0.25) is 0 Å². The van der Waals surface area contributed by atoms with Crippen LogP contribution < -0.4 is 5.32 Å². The van der Waals surface area contributed by atoms with Crippen LogP contribution in [0.15, 0.2) is 6.07 Å². The van der Waals surface area contributed by atoms with Crippen molar-refractivity contribution < 1.29 is 14.4 Å². The number of fused-ring (bicyclic) bond motifs is 1. The number of nitrogens with zero attached hydrogens (tertiary/aromatic N) is 3. The van der Waals surface area contributed by atoms with E-state index in [4.69, 9.17) is 0 Å². The molecule has 0 spiro atoms. The molecule has 1 N–H and O–H groups in total. The lowest BCUT2D eigenvalue weighted by atomic mass is 10.1. The Morgan fingerprint density at radius 1 is 1.14 bits per heavy atom. The number of carbonyl (C=O) groups is 3. The van der Waals surface area contributed by atoms with Gasteiger partial charge in [0.1, 0.15) is 0 Å². The van der Waals surface area contributed by atoms with Crippen molar-refractivity contribution in [1.29, 1.82) is 0 Å². The summed E-state index contributed by atoms with van der Waals surface area (Å²) in [6.45, 7) is 8.81. The zero-order valence-corrected chi connectivity index (χ0v) is 18.7. The van der Waals surface area contributed by atoms with Crippen LogP contribution in [-0.2, 0) is 22.4 Å². The topological polar surface area (TPSA) is 73.0 Å². The van der Waals surface area contributed by atoms with Crippen molar-refractivity contribution >= 4 is 29.1 Å². The Kier molecular flexibility index (Phi) is 6.63. The van der Waals surface area contributed by atoms with Gasteiger partial charge in [-0.15, -0.1) is 11.3 Å². The predicted molar refractivity (Wildman–Crippen MR) is 114 cm³/mol. The number of piperazine rings is 1. The lowest BCUT2D eigenvalue weighted by Crippen LogP contribution is -2.54. The summed E-state index contributed by atoms with van der Waals surface area (Å²) in [6.07, 6.45) is 3.29. The summed E-state index contributed by atoms with van der Waals surface area (Å²) < 4.78 is 0. The van der Waals surface area contributed by atoms with Crippen LogP contribution in [0, 0.1) is 0 Å². The van der Waals surface area contributed by atoms with Gasteiger partial charge >= 0.3 is 0 Å². The molecule has 1 aliphatic heterocycles. The number of hydrogen-bond donors (Lipinski definition) is 1. The molecule has 1 fully saturated rings. The average molecular weight is 421 g/mol. The minimum atomic E-state index is -0.241. The lowest BCUT2D eigenvalue weighted by molar-refractivity contribution is -0.133. The highest BCUT2D eigenvalue weighted by molar-refractivity contribution is 7.14. The summed E-state index contributed by atoms with van der Waals surface area (Å²) >= 11 is 1.57. The maximum Gasteiger partial charge on any atom is 0.264 e. The minimum absolute atomic E-state index is 0.00505.